The maximum atomic E-state index is 13.6. The van der Waals surface area contributed by atoms with E-state index in [1.807, 2.05) is 30.3 Å². The maximum absolute atomic E-state index is 13.6. The quantitative estimate of drug-likeness (QED) is 0.275. The molecule has 0 bridgehead atoms. The number of cyclic esters (lactones) is 1. The molecule has 1 aliphatic rings. The van der Waals surface area contributed by atoms with Crippen molar-refractivity contribution >= 4 is 27.7 Å². The second-order valence-electron chi connectivity index (χ2n) is 8.50. The molecule has 3 aromatic carbocycles. The van der Waals surface area contributed by atoms with Crippen molar-refractivity contribution in [3.63, 3.8) is 0 Å². The molecule has 190 valence electrons. The number of benzene rings is 3. The van der Waals surface area contributed by atoms with Crippen LogP contribution in [0.1, 0.15) is 22.7 Å². The third-order valence-electron chi connectivity index (χ3n) is 5.90. The average Bonchev–Trinajstić information content (AvgIpc) is 3.24. The van der Waals surface area contributed by atoms with Gasteiger partial charge in [-0.25, -0.2) is 22.5 Å². The van der Waals surface area contributed by atoms with Crippen molar-refractivity contribution in [3.05, 3.63) is 107 Å². The summed E-state index contributed by atoms with van der Waals surface area (Å²) in [6.07, 6.45) is -0.681. The van der Waals surface area contributed by atoms with E-state index in [1.54, 1.807) is 19.1 Å². The molecule has 0 radical (unpaired) electrons. The molecule has 0 spiro atoms. The third kappa shape index (κ3) is 5.80. The smallest absolute Gasteiger partial charge is 0.417 e. The SMILES string of the molecule is Cc1ccc(S(=O)(=O)N[C@@H](C(=[N+]=[N-])C(=O)N2C(=O)OC[C@@H]2Cc2ccccc2)c2ccc(F)cc2)cc1. The Morgan fingerprint density at radius 2 is 1.76 bits per heavy atom. The van der Waals surface area contributed by atoms with Crippen molar-refractivity contribution in [1.82, 2.24) is 9.62 Å². The molecule has 3 aromatic rings. The van der Waals surface area contributed by atoms with Gasteiger partial charge >= 0.3 is 17.7 Å². The molecule has 0 aliphatic carbocycles. The van der Waals surface area contributed by atoms with Gasteiger partial charge in [-0.1, -0.05) is 60.2 Å². The summed E-state index contributed by atoms with van der Waals surface area (Å²) in [4.78, 5) is 29.9. The fourth-order valence-electron chi connectivity index (χ4n) is 3.97. The van der Waals surface area contributed by atoms with E-state index in [4.69, 9.17) is 4.74 Å². The van der Waals surface area contributed by atoms with E-state index in [2.05, 4.69) is 9.51 Å². The normalized spacial score (nSPS) is 16.1. The predicted octanol–water partition coefficient (Wildman–Crippen LogP) is 3.41. The molecule has 0 saturated carbocycles. The van der Waals surface area contributed by atoms with Crippen molar-refractivity contribution in [2.45, 2.75) is 30.3 Å². The Balaban J connectivity index is 1.70. The lowest BCUT2D eigenvalue weighted by Gasteiger charge is -2.21. The number of hydrogen-bond donors (Lipinski definition) is 1. The van der Waals surface area contributed by atoms with Gasteiger partial charge in [0.1, 0.15) is 12.4 Å². The van der Waals surface area contributed by atoms with Gasteiger partial charge in [0.05, 0.1) is 10.9 Å². The van der Waals surface area contributed by atoms with E-state index in [9.17, 15) is 27.9 Å². The van der Waals surface area contributed by atoms with Crippen molar-refractivity contribution < 1.29 is 31.9 Å². The summed E-state index contributed by atoms with van der Waals surface area (Å²) in [5, 5.41) is 0. The number of ether oxygens (including phenoxy) is 1. The minimum Gasteiger partial charge on any atom is -0.447 e. The molecule has 1 fully saturated rings. The zero-order valence-electron chi connectivity index (χ0n) is 19.7. The van der Waals surface area contributed by atoms with Gasteiger partial charge in [0.2, 0.25) is 10.0 Å². The van der Waals surface area contributed by atoms with Crippen LogP contribution in [0.4, 0.5) is 9.18 Å². The first-order chi connectivity index (χ1) is 17.7. The highest BCUT2D eigenvalue weighted by atomic mass is 32.2. The van der Waals surface area contributed by atoms with Gasteiger partial charge < -0.3 is 10.3 Å². The van der Waals surface area contributed by atoms with Gasteiger partial charge in [0, 0.05) is 0 Å². The van der Waals surface area contributed by atoms with Gasteiger partial charge in [0.25, 0.3) is 0 Å². The molecule has 9 nitrogen and oxygen atoms in total. The molecule has 2 amide bonds. The summed E-state index contributed by atoms with van der Waals surface area (Å²) in [5.74, 6) is -1.64. The molecule has 0 unspecified atom stereocenters. The number of aryl methyl sites for hydroxylation is 1. The van der Waals surface area contributed by atoms with Crippen LogP contribution in [0.15, 0.2) is 83.8 Å². The summed E-state index contributed by atoms with van der Waals surface area (Å²) in [7, 11) is -4.24. The lowest BCUT2D eigenvalue weighted by atomic mass is 10.0. The van der Waals surface area contributed by atoms with Gasteiger partial charge in [0.15, 0.2) is 6.04 Å². The Kier molecular flexibility index (Phi) is 7.58. The summed E-state index contributed by atoms with van der Waals surface area (Å²) in [6, 6.07) is 17.4. The van der Waals surface area contributed by atoms with E-state index in [0.29, 0.717) is 0 Å². The fourth-order valence-corrected chi connectivity index (χ4v) is 5.16. The Morgan fingerprint density at radius 3 is 2.38 bits per heavy atom. The first-order valence-electron chi connectivity index (χ1n) is 11.3. The van der Waals surface area contributed by atoms with Crippen LogP contribution in [0.2, 0.25) is 0 Å². The number of carbonyl (C=O) groups excluding carboxylic acids is 2. The number of sulfonamides is 1. The number of carbonyl (C=O) groups is 2. The minimum atomic E-state index is -4.24. The maximum Gasteiger partial charge on any atom is 0.417 e. The summed E-state index contributed by atoms with van der Waals surface area (Å²) in [5.41, 5.74) is 11.0. The Bertz CT molecular complexity index is 1460. The van der Waals surface area contributed by atoms with Crippen molar-refractivity contribution in [2.24, 2.45) is 0 Å². The van der Waals surface area contributed by atoms with Crippen molar-refractivity contribution in [2.75, 3.05) is 6.61 Å². The topological polar surface area (TPSA) is 129 Å². The molecule has 4 rings (SSSR count). The molecule has 1 aliphatic heterocycles. The second-order valence-corrected chi connectivity index (χ2v) is 10.2. The molecule has 11 heteroatoms. The zero-order chi connectivity index (χ0) is 26.6. The summed E-state index contributed by atoms with van der Waals surface area (Å²) in [6.45, 7) is 1.70. The van der Waals surface area contributed by atoms with Crippen LogP contribution in [0.3, 0.4) is 0 Å². The lowest BCUT2D eigenvalue weighted by molar-refractivity contribution is -0.127. The number of nitrogens with zero attached hydrogens (tertiary/aromatic N) is 3. The largest absolute Gasteiger partial charge is 0.447 e. The van der Waals surface area contributed by atoms with Gasteiger partial charge in [-0.05, 0) is 48.7 Å². The zero-order valence-corrected chi connectivity index (χ0v) is 20.6. The fraction of sp³-hybridized carbons (Fsp3) is 0.192. The molecule has 0 aromatic heterocycles. The molecule has 1 saturated heterocycles. The van der Waals surface area contributed by atoms with Gasteiger partial charge in [-0.3, -0.25) is 4.79 Å². The van der Waals surface area contributed by atoms with Crippen molar-refractivity contribution in [3.8, 4) is 0 Å². The number of rotatable bonds is 8. The summed E-state index contributed by atoms with van der Waals surface area (Å²) >= 11 is 0. The molecule has 2 atom stereocenters. The number of nitrogens with one attached hydrogen (secondary N) is 1. The molecular formula is C26H23FN4O5S. The molecule has 1 heterocycles. The Labute approximate surface area is 213 Å². The third-order valence-corrected chi connectivity index (χ3v) is 7.34. The van der Waals surface area contributed by atoms with Crippen LogP contribution in [0, 0.1) is 12.7 Å². The highest BCUT2D eigenvalue weighted by Crippen LogP contribution is 2.24. The van der Waals surface area contributed by atoms with Crippen LogP contribution in [0.5, 0.6) is 0 Å². The first kappa shape index (κ1) is 25.9. The van der Waals surface area contributed by atoms with Gasteiger partial charge in [-0.15, -0.1) is 0 Å². The van der Waals surface area contributed by atoms with E-state index < -0.39 is 45.6 Å². The van der Waals surface area contributed by atoms with E-state index in [0.717, 1.165) is 28.2 Å². The predicted molar refractivity (Wildman–Crippen MR) is 131 cm³/mol. The molecular weight excluding hydrogens is 499 g/mol. The van der Waals surface area contributed by atoms with E-state index in [1.165, 1.54) is 24.3 Å². The monoisotopic (exact) mass is 522 g/mol. The van der Waals surface area contributed by atoms with Crippen LogP contribution < -0.4 is 4.72 Å². The van der Waals surface area contributed by atoms with Crippen LogP contribution in [-0.4, -0.2) is 48.5 Å². The number of hydrogen-bond acceptors (Lipinski definition) is 5. The Hall–Kier alpha value is -4.18. The highest BCUT2D eigenvalue weighted by molar-refractivity contribution is 7.89. The lowest BCUT2D eigenvalue weighted by Crippen LogP contribution is -2.48. The molecule has 1 N–H and O–H groups in total. The number of imide groups is 1. The van der Waals surface area contributed by atoms with E-state index >= 15 is 0 Å². The van der Waals surface area contributed by atoms with E-state index in [-0.39, 0.29) is 23.5 Å². The second kappa shape index (κ2) is 10.8. The van der Waals surface area contributed by atoms with Crippen molar-refractivity contribution in [1.29, 1.82) is 0 Å². The van der Waals surface area contributed by atoms with Crippen LogP contribution in [0.25, 0.3) is 5.53 Å². The highest BCUT2D eigenvalue weighted by Gasteiger charge is 2.46. The van der Waals surface area contributed by atoms with Crippen LogP contribution >= 0.6 is 0 Å². The summed E-state index contributed by atoms with van der Waals surface area (Å²) < 4.78 is 47.5. The first-order valence-corrected chi connectivity index (χ1v) is 12.8. The standard InChI is InChI=1S/C26H23FN4O5S/c1-17-7-13-22(14-8-17)37(34,35)30-23(19-9-11-20(27)12-10-19)24(29-28)25(32)31-21(16-36-26(31)33)15-18-5-3-2-4-6-18/h2-14,21,23,30H,15-16H2,1H3/t21-,23+/m0/s1. The van der Waals surface area contributed by atoms with Crippen LogP contribution in [-0.2, 0) is 26.0 Å². The Morgan fingerprint density at radius 1 is 1.11 bits per heavy atom. The minimum absolute atomic E-state index is 0.0888. The molecule has 37 heavy (non-hydrogen) atoms. The average molecular weight is 523 g/mol. The number of halogens is 1. The number of amides is 2. The van der Waals surface area contributed by atoms with Gasteiger partial charge in [-0.2, -0.15) is 9.51 Å².